The molecule has 1 atom stereocenters. The highest BCUT2D eigenvalue weighted by molar-refractivity contribution is 5.78. The van der Waals surface area contributed by atoms with E-state index < -0.39 is 23.9 Å². The van der Waals surface area contributed by atoms with Gasteiger partial charge in [0.1, 0.15) is 11.2 Å². The minimum absolute atomic E-state index is 0.0221. The van der Waals surface area contributed by atoms with Crippen LogP contribution in [0.1, 0.15) is 25.5 Å². The van der Waals surface area contributed by atoms with Gasteiger partial charge in [0, 0.05) is 31.4 Å². The normalized spacial score (nSPS) is 21.9. The van der Waals surface area contributed by atoms with E-state index in [2.05, 4.69) is 26.8 Å². The second-order valence-corrected chi connectivity index (χ2v) is 10.5. The van der Waals surface area contributed by atoms with Crippen LogP contribution < -0.4 is 11.1 Å². The Morgan fingerprint density at radius 3 is 2.71 bits per heavy atom. The molecule has 1 unspecified atom stereocenters. The van der Waals surface area contributed by atoms with Gasteiger partial charge in [0.05, 0.1) is 43.5 Å². The minimum Gasteiger partial charge on any atom is -0.443 e. The fourth-order valence-electron chi connectivity index (χ4n) is 4.61. The smallest absolute Gasteiger partial charge is 0.318 e. The lowest BCUT2D eigenvalue weighted by Crippen LogP contribution is -2.45. The predicted molar refractivity (Wildman–Crippen MR) is 152 cm³/mol. The molecule has 224 valence electrons. The van der Waals surface area contributed by atoms with Gasteiger partial charge < -0.3 is 29.2 Å². The summed E-state index contributed by atoms with van der Waals surface area (Å²) in [5.74, 6) is -0.0524. The van der Waals surface area contributed by atoms with Gasteiger partial charge in [-0.05, 0) is 56.3 Å². The van der Waals surface area contributed by atoms with Gasteiger partial charge in [-0.25, -0.2) is 19.3 Å². The minimum atomic E-state index is -1.05. The Labute approximate surface area is 243 Å². The third-order valence-electron chi connectivity index (χ3n) is 7.09. The van der Waals surface area contributed by atoms with Crippen molar-refractivity contribution in [1.29, 1.82) is 0 Å². The number of halogens is 1. The van der Waals surface area contributed by atoms with Crippen molar-refractivity contribution < 1.29 is 28.1 Å². The Bertz CT molecular complexity index is 1350. The standard InChI is InChI=1S/C29H36FN7O5/c1-3-22(31)42-27(38)29(2)17-40-26(41-18-29)25-35-23(19-5-7-20(30)8-6-19)24(36-25)21-9-11-33-28(34-21)32-10-4-12-37-13-15-39-16-14-37/h3,5-9,11,22,26H,1,4,10,12-18,31H2,2H3,(H,35,36)(H,32,33,34). The molecule has 2 fully saturated rings. The van der Waals surface area contributed by atoms with E-state index in [1.54, 1.807) is 31.3 Å². The lowest BCUT2D eigenvalue weighted by Gasteiger charge is -2.35. The molecule has 0 aliphatic carbocycles. The van der Waals surface area contributed by atoms with E-state index in [9.17, 15) is 9.18 Å². The zero-order valence-corrected chi connectivity index (χ0v) is 23.6. The van der Waals surface area contributed by atoms with Crippen molar-refractivity contribution in [3.8, 4) is 22.6 Å². The first kappa shape index (κ1) is 29.7. The van der Waals surface area contributed by atoms with Crippen LogP contribution in [-0.2, 0) is 23.7 Å². The molecule has 2 aromatic heterocycles. The number of aromatic amines is 1. The quantitative estimate of drug-likeness (QED) is 0.133. The van der Waals surface area contributed by atoms with Gasteiger partial charge in [0.25, 0.3) is 0 Å². The molecule has 2 aliphatic heterocycles. The fourth-order valence-corrected chi connectivity index (χ4v) is 4.61. The lowest BCUT2D eigenvalue weighted by atomic mass is 9.92. The van der Waals surface area contributed by atoms with E-state index in [0.717, 1.165) is 39.3 Å². The highest BCUT2D eigenvalue weighted by Gasteiger charge is 2.42. The summed E-state index contributed by atoms with van der Waals surface area (Å²) in [5, 5.41) is 3.30. The summed E-state index contributed by atoms with van der Waals surface area (Å²) in [6.07, 6.45) is 2.13. The van der Waals surface area contributed by atoms with Crippen LogP contribution in [0.5, 0.6) is 0 Å². The number of H-pyrrole nitrogens is 1. The molecule has 2 saturated heterocycles. The van der Waals surface area contributed by atoms with E-state index >= 15 is 0 Å². The molecule has 5 rings (SSSR count). The highest BCUT2D eigenvalue weighted by Crippen LogP contribution is 2.36. The van der Waals surface area contributed by atoms with Gasteiger partial charge in [-0.1, -0.05) is 6.58 Å². The van der Waals surface area contributed by atoms with E-state index in [-0.39, 0.29) is 19.0 Å². The van der Waals surface area contributed by atoms with Crippen molar-refractivity contribution in [1.82, 2.24) is 24.8 Å². The first-order valence-corrected chi connectivity index (χ1v) is 13.9. The van der Waals surface area contributed by atoms with Crippen molar-refractivity contribution in [2.24, 2.45) is 11.1 Å². The number of nitrogens with two attached hydrogens (primary N) is 1. The molecule has 0 amide bonds. The number of carbonyl (C=O) groups excluding carboxylic acids is 1. The number of aromatic nitrogens is 4. The third-order valence-corrected chi connectivity index (χ3v) is 7.09. The number of imidazole rings is 1. The van der Waals surface area contributed by atoms with Gasteiger partial charge >= 0.3 is 5.97 Å². The summed E-state index contributed by atoms with van der Waals surface area (Å²) in [6, 6.07) is 7.79. The van der Waals surface area contributed by atoms with Crippen LogP contribution in [0.4, 0.5) is 10.3 Å². The average Bonchev–Trinajstić information content (AvgIpc) is 3.46. The number of ether oxygens (including phenoxy) is 4. The number of rotatable bonds is 11. The lowest BCUT2D eigenvalue weighted by molar-refractivity contribution is -0.239. The van der Waals surface area contributed by atoms with Crippen LogP contribution in [0.15, 0.2) is 49.2 Å². The van der Waals surface area contributed by atoms with E-state index in [0.29, 0.717) is 41.0 Å². The number of carbonyl (C=O) groups is 1. The fraction of sp³-hybridized carbons (Fsp3) is 0.448. The number of esters is 1. The SMILES string of the molecule is C=CC(N)OC(=O)C1(C)COC(c2nc(-c3ccc(F)cc3)c(-c3ccnc(NCCCN4CCOCC4)n3)[nH]2)OC1. The van der Waals surface area contributed by atoms with Gasteiger partial charge in [0.15, 0.2) is 12.1 Å². The van der Waals surface area contributed by atoms with Crippen LogP contribution in [0.2, 0.25) is 0 Å². The summed E-state index contributed by atoms with van der Waals surface area (Å²) in [4.78, 5) is 32.1. The maximum absolute atomic E-state index is 13.7. The molecule has 0 spiro atoms. The molecule has 2 aliphatic rings. The zero-order valence-electron chi connectivity index (χ0n) is 23.6. The van der Waals surface area contributed by atoms with Gasteiger partial charge in [0.2, 0.25) is 12.2 Å². The Hall–Kier alpha value is -3.75. The number of nitrogens with one attached hydrogen (secondary N) is 2. The number of nitrogens with zero attached hydrogens (tertiary/aromatic N) is 4. The van der Waals surface area contributed by atoms with Gasteiger partial charge in [-0.2, -0.15) is 0 Å². The van der Waals surface area contributed by atoms with Gasteiger partial charge in [-0.15, -0.1) is 0 Å². The molecule has 12 nitrogen and oxygen atoms in total. The molecule has 4 N–H and O–H groups in total. The predicted octanol–water partition coefficient (Wildman–Crippen LogP) is 2.87. The summed E-state index contributed by atoms with van der Waals surface area (Å²) in [5.41, 5.74) is 7.01. The molecular weight excluding hydrogens is 545 g/mol. The Morgan fingerprint density at radius 2 is 2.00 bits per heavy atom. The molecule has 3 aromatic rings. The molecule has 13 heteroatoms. The first-order valence-electron chi connectivity index (χ1n) is 13.9. The van der Waals surface area contributed by atoms with E-state index in [4.69, 9.17) is 34.6 Å². The van der Waals surface area contributed by atoms with E-state index in [1.807, 2.05) is 0 Å². The van der Waals surface area contributed by atoms with Crippen molar-refractivity contribution >= 4 is 11.9 Å². The second-order valence-electron chi connectivity index (χ2n) is 10.5. The average molecular weight is 582 g/mol. The molecule has 0 bridgehead atoms. The molecule has 0 saturated carbocycles. The number of anilines is 1. The molecule has 4 heterocycles. The maximum atomic E-state index is 13.7. The largest absolute Gasteiger partial charge is 0.443 e. The van der Waals surface area contributed by atoms with Crippen molar-refractivity contribution in [3.63, 3.8) is 0 Å². The molecule has 1 aromatic carbocycles. The summed E-state index contributed by atoms with van der Waals surface area (Å²) in [7, 11) is 0. The third kappa shape index (κ3) is 7.17. The Morgan fingerprint density at radius 1 is 1.26 bits per heavy atom. The Balaban J connectivity index is 1.32. The van der Waals surface area contributed by atoms with Crippen LogP contribution in [0.25, 0.3) is 22.6 Å². The zero-order chi connectivity index (χ0) is 29.5. The van der Waals surface area contributed by atoms with Crippen LogP contribution in [0.3, 0.4) is 0 Å². The van der Waals surface area contributed by atoms with Crippen LogP contribution in [0, 0.1) is 11.2 Å². The van der Waals surface area contributed by atoms with Crippen molar-refractivity contribution in [3.05, 3.63) is 60.8 Å². The van der Waals surface area contributed by atoms with Crippen molar-refractivity contribution in [2.45, 2.75) is 25.9 Å². The topological polar surface area (TPSA) is 150 Å². The van der Waals surface area contributed by atoms with Crippen LogP contribution in [-0.4, -0.2) is 89.6 Å². The number of hydrogen-bond acceptors (Lipinski definition) is 11. The van der Waals surface area contributed by atoms with Crippen LogP contribution >= 0.6 is 0 Å². The molecule has 0 radical (unpaired) electrons. The summed E-state index contributed by atoms with van der Waals surface area (Å²) in [6.45, 7) is 10.4. The number of hydrogen-bond donors (Lipinski definition) is 3. The summed E-state index contributed by atoms with van der Waals surface area (Å²) < 4.78 is 36.1. The summed E-state index contributed by atoms with van der Waals surface area (Å²) >= 11 is 0. The number of benzene rings is 1. The second kappa shape index (κ2) is 13.5. The first-order chi connectivity index (χ1) is 20.3. The monoisotopic (exact) mass is 581 g/mol. The number of morpholine rings is 1. The molecular formula is C29H36FN7O5. The maximum Gasteiger partial charge on any atom is 0.318 e. The highest BCUT2D eigenvalue weighted by atomic mass is 19.1. The molecule has 42 heavy (non-hydrogen) atoms. The van der Waals surface area contributed by atoms with E-state index in [1.165, 1.54) is 18.2 Å². The Kier molecular flexibility index (Phi) is 9.55. The van der Waals surface area contributed by atoms with Gasteiger partial charge in [-0.3, -0.25) is 15.4 Å². The van der Waals surface area contributed by atoms with Crippen molar-refractivity contribution in [2.75, 3.05) is 57.9 Å².